The Kier molecular flexibility index (Phi) is 6.12. The van der Waals surface area contributed by atoms with Crippen LogP contribution in [0.5, 0.6) is 0 Å². The van der Waals surface area contributed by atoms with Crippen LogP contribution in [0.25, 0.3) is 22.4 Å². The Morgan fingerprint density at radius 2 is 2.00 bits per heavy atom. The second kappa shape index (κ2) is 8.98. The maximum absolute atomic E-state index is 13.4. The van der Waals surface area contributed by atoms with Crippen LogP contribution in [0.3, 0.4) is 0 Å². The van der Waals surface area contributed by atoms with Crippen molar-refractivity contribution in [1.82, 2.24) is 20.5 Å². The van der Waals surface area contributed by atoms with Gasteiger partial charge >= 0.3 is 0 Å². The lowest BCUT2D eigenvalue weighted by Crippen LogP contribution is -2.26. The third-order valence-electron chi connectivity index (χ3n) is 5.51. The summed E-state index contributed by atoms with van der Waals surface area (Å²) < 4.78 is 13.4. The molecular formula is C24H23ClFN5O. The molecular weight excluding hydrogens is 429 g/mol. The number of hydrogen-bond acceptors (Lipinski definition) is 3. The maximum Gasteiger partial charge on any atom is 0.268 e. The van der Waals surface area contributed by atoms with Crippen LogP contribution in [0.15, 0.2) is 54.9 Å². The predicted octanol–water partition coefficient (Wildman–Crippen LogP) is 5.12. The van der Waals surface area contributed by atoms with E-state index in [1.54, 1.807) is 18.3 Å². The third kappa shape index (κ3) is 4.30. The van der Waals surface area contributed by atoms with Crippen molar-refractivity contribution in [2.75, 3.05) is 0 Å². The molecule has 1 amide bonds. The van der Waals surface area contributed by atoms with Crippen molar-refractivity contribution in [2.24, 2.45) is 5.73 Å². The van der Waals surface area contributed by atoms with Crippen molar-refractivity contribution < 1.29 is 9.18 Å². The molecule has 4 rings (SSSR count). The zero-order valence-electron chi connectivity index (χ0n) is 17.7. The summed E-state index contributed by atoms with van der Waals surface area (Å²) in [6, 6.07) is 11.9. The molecule has 0 aliphatic rings. The van der Waals surface area contributed by atoms with Crippen molar-refractivity contribution >= 4 is 17.5 Å². The monoisotopic (exact) mass is 451 g/mol. The van der Waals surface area contributed by atoms with E-state index >= 15 is 0 Å². The minimum absolute atomic E-state index is 0.0200. The summed E-state index contributed by atoms with van der Waals surface area (Å²) in [6.45, 7) is 4.33. The van der Waals surface area contributed by atoms with Gasteiger partial charge < -0.3 is 16.0 Å². The van der Waals surface area contributed by atoms with E-state index in [9.17, 15) is 9.18 Å². The Balaban J connectivity index is 1.54. The summed E-state index contributed by atoms with van der Waals surface area (Å²) in [5, 5.41) is 10.2. The molecule has 0 unspecified atom stereocenters. The highest BCUT2D eigenvalue weighted by Crippen LogP contribution is 2.31. The van der Waals surface area contributed by atoms with Crippen LogP contribution < -0.4 is 11.1 Å². The number of amides is 1. The van der Waals surface area contributed by atoms with E-state index in [0.29, 0.717) is 17.8 Å². The second-order valence-electron chi connectivity index (χ2n) is 7.66. The first-order valence-corrected chi connectivity index (χ1v) is 10.5. The number of nitrogens with one attached hydrogen (secondary N) is 3. The summed E-state index contributed by atoms with van der Waals surface area (Å²) >= 11 is 5.85. The number of aryl methyl sites for hydroxylation is 1. The molecule has 5 N–H and O–H groups in total. The topological polar surface area (TPSA) is 99.6 Å². The van der Waals surface area contributed by atoms with Gasteiger partial charge in [-0.25, -0.2) is 4.39 Å². The molecule has 0 saturated carbocycles. The molecule has 0 fully saturated rings. The first-order valence-electron chi connectivity index (χ1n) is 10.2. The number of hydrogen-bond donors (Lipinski definition) is 4. The minimum Gasteiger partial charge on any atom is -0.357 e. The van der Waals surface area contributed by atoms with Crippen LogP contribution in [0.2, 0.25) is 5.02 Å². The van der Waals surface area contributed by atoms with Gasteiger partial charge in [-0.15, -0.1) is 0 Å². The number of carbonyl (C=O) groups is 1. The second-order valence-corrected chi connectivity index (χ2v) is 8.07. The quantitative estimate of drug-likeness (QED) is 0.327. The number of H-pyrrole nitrogens is 2. The van der Waals surface area contributed by atoms with E-state index in [4.69, 9.17) is 17.3 Å². The Labute approximate surface area is 190 Å². The minimum atomic E-state index is -0.495. The Hall–Kier alpha value is -3.42. The average Bonchev–Trinajstić information content (AvgIpc) is 3.45. The molecule has 0 saturated heterocycles. The van der Waals surface area contributed by atoms with E-state index < -0.39 is 5.82 Å². The molecule has 0 aliphatic carbocycles. The summed E-state index contributed by atoms with van der Waals surface area (Å²) in [7, 11) is 0. The summed E-state index contributed by atoms with van der Waals surface area (Å²) in [4.78, 5) is 15.8. The molecule has 4 aromatic rings. The van der Waals surface area contributed by atoms with Crippen LogP contribution in [0.1, 0.15) is 40.1 Å². The highest BCUT2D eigenvalue weighted by molar-refractivity contribution is 6.30. The molecule has 6 nitrogen and oxygen atoms in total. The van der Waals surface area contributed by atoms with E-state index in [0.717, 1.165) is 33.5 Å². The SMILES string of the molecule is Cc1cc(-c2c[nH]nc2-c2c[nH]c(C(=O)N[C@H](C)c3ccc(F)c(Cl)c3)c2)ccc1CN. The Bertz CT molecular complexity index is 1280. The van der Waals surface area contributed by atoms with Crippen LogP contribution in [-0.4, -0.2) is 21.1 Å². The van der Waals surface area contributed by atoms with E-state index in [-0.39, 0.29) is 17.0 Å². The molecule has 1 atom stereocenters. The van der Waals surface area contributed by atoms with Gasteiger partial charge in [0.25, 0.3) is 5.91 Å². The number of aromatic amines is 2. The maximum atomic E-state index is 13.4. The van der Waals surface area contributed by atoms with Gasteiger partial charge in [0.1, 0.15) is 17.2 Å². The molecule has 0 bridgehead atoms. The van der Waals surface area contributed by atoms with Gasteiger partial charge in [-0.05, 0) is 54.3 Å². The standard InChI is InChI=1S/C24H23ClFN5O/c1-13-7-16(3-4-17(13)10-27)19-12-29-31-23(19)18-9-22(28-11-18)24(32)30-14(2)15-5-6-21(26)20(25)8-15/h3-9,11-12,14,28H,10,27H2,1-2H3,(H,29,31)(H,30,32)/t14-/m1/s1. The van der Waals surface area contributed by atoms with Crippen LogP contribution in [-0.2, 0) is 6.54 Å². The highest BCUT2D eigenvalue weighted by atomic mass is 35.5. The van der Waals surface area contributed by atoms with Crippen LogP contribution in [0.4, 0.5) is 4.39 Å². The van der Waals surface area contributed by atoms with Gasteiger partial charge in [0.15, 0.2) is 0 Å². The number of nitrogens with two attached hydrogens (primary N) is 1. The molecule has 2 aromatic carbocycles. The van der Waals surface area contributed by atoms with E-state index in [2.05, 4.69) is 26.6 Å². The van der Waals surface area contributed by atoms with Crippen molar-refractivity contribution in [3.05, 3.63) is 88.1 Å². The van der Waals surface area contributed by atoms with Gasteiger partial charge in [0.2, 0.25) is 0 Å². The fourth-order valence-corrected chi connectivity index (χ4v) is 3.81. The molecule has 32 heavy (non-hydrogen) atoms. The fourth-order valence-electron chi connectivity index (χ4n) is 3.62. The number of rotatable bonds is 6. The molecule has 164 valence electrons. The van der Waals surface area contributed by atoms with Gasteiger partial charge in [-0.2, -0.15) is 5.10 Å². The largest absolute Gasteiger partial charge is 0.357 e. The summed E-state index contributed by atoms with van der Waals surface area (Å²) in [6.07, 6.45) is 3.58. The highest BCUT2D eigenvalue weighted by Gasteiger charge is 2.17. The Morgan fingerprint density at radius 3 is 2.72 bits per heavy atom. The van der Waals surface area contributed by atoms with Gasteiger partial charge in [0.05, 0.1) is 11.1 Å². The molecule has 2 heterocycles. The average molecular weight is 452 g/mol. The van der Waals surface area contributed by atoms with E-state index in [1.165, 1.54) is 12.1 Å². The van der Waals surface area contributed by atoms with Gasteiger partial charge in [0, 0.05) is 30.1 Å². The number of halogens is 2. The molecule has 2 aromatic heterocycles. The van der Waals surface area contributed by atoms with Crippen LogP contribution in [0, 0.1) is 12.7 Å². The van der Waals surface area contributed by atoms with Crippen LogP contribution >= 0.6 is 11.6 Å². The number of aromatic nitrogens is 3. The van der Waals surface area contributed by atoms with Crippen molar-refractivity contribution in [3.8, 4) is 22.4 Å². The molecule has 0 spiro atoms. The summed E-state index contributed by atoms with van der Waals surface area (Å²) in [5.74, 6) is -0.782. The lowest BCUT2D eigenvalue weighted by molar-refractivity contribution is 0.0935. The molecule has 8 heteroatoms. The zero-order valence-corrected chi connectivity index (χ0v) is 18.4. The van der Waals surface area contributed by atoms with Crippen molar-refractivity contribution in [3.63, 3.8) is 0 Å². The first-order chi connectivity index (χ1) is 15.4. The lowest BCUT2D eigenvalue weighted by atomic mass is 9.98. The molecule has 0 radical (unpaired) electrons. The van der Waals surface area contributed by atoms with E-state index in [1.807, 2.05) is 32.2 Å². The number of carbonyl (C=O) groups excluding carboxylic acids is 1. The normalized spacial score (nSPS) is 12.0. The lowest BCUT2D eigenvalue weighted by Gasteiger charge is -2.14. The predicted molar refractivity (Wildman–Crippen MR) is 124 cm³/mol. The smallest absolute Gasteiger partial charge is 0.268 e. The van der Waals surface area contributed by atoms with Gasteiger partial charge in [-0.3, -0.25) is 9.89 Å². The van der Waals surface area contributed by atoms with Crippen molar-refractivity contribution in [2.45, 2.75) is 26.4 Å². The third-order valence-corrected chi connectivity index (χ3v) is 5.80. The zero-order chi connectivity index (χ0) is 22.8. The van der Waals surface area contributed by atoms with Crippen molar-refractivity contribution in [1.29, 1.82) is 0 Å². The van der Waals surface area contributed by atoms with Gasteiger partial charge in [-0.1, -0.05) is 35.9 Å². The number of benzene rings is 2. The number of nitrogens with zero attached hydrogens (tertiary/aromatic N) is 1. The fraction of sp³-hybridized carbons (Fsp3) is 0.167. The Morgan fingerprint density at radius 1 is 1.19 bits per heavy atom. The molecule has 0 aliphatic heterocycles. The first kappa shape index (κ1) is 21.8. The summed E-state index contributed by atoms with van der Waals surface area (Å²) in [5.41, 5.74) is 12.5.